The summed E-state index contributed by atoms with van der Waals surface area (Å²) in [6, 6.07) is 9.70. The number of carbonyl (C=O) groups excluding carboxylic acids is 1. The van der Waals surface area contributed by atoms with E-state index in [1.807, 2.05) is 30.3 Å². The van der Waals surface area contributed by atoms with Crippen LogP contribution in [0.15, 0.2) is 30.3 Å². The van der Waals surface area contributed by atoms with E-state index in [1.165, 1.54) is 6.92 Å². The van der Waals surface area contributed by atoms with Gasteiger partial charge in [-0.2, -0.15) is 4.52 Å². The van der Waals surface area contributed by atoms with Crippen LogP contribution in [0.5, 0.6) is 0 Å². The van der Waals surface area contributed by atoms with Crippen molar-refractivity contribution in [1.29, 1.82) is 0 Å². The summed E-state index contributed by atoms with van der Waals surface area (Å²) in [5.74, 6) is -0.325. The van der Waals surface area contributed by atoms with E-state index in [0.29, 0.717) is 5.65 Å². The van der Waals surface area contributed by atoms with E-state index < -0.39 is 0 Å². The third-order valence-electron chi connectivity index (χ3n) is 2.68. The standard InChI is InChI=1S/C12H10N4O2/c1-8(17)18-7-10-6-9-4-2-3-5-11(9)16-12(10)13-14-15-16/h2-6H,7H2,1H3. The number of carbonyl (C=O) groups is 1. The summed E-state index contributed by atoms with van der Waals surface area (Å²) < 4.78 is 6.65. The number of pyridine rings is 1. The largest absolute Gasteiger partial charge is 0.461 e. The maximum atomic E-state index is 10.9. The van der Waals surface area contributed by atoms with Gasteiger partial charge in [0.15, 0.2) is 5.65 Å². The molecule has 0 aliphatic carbocycles. The predicted molar refractivity (Wildman–Crippen MR) is 63.8 cm³/mol. The highest BCUT2D eigenvalue weighted by atomic mass is 16.5. The topological polar surface area (TPSA) is 69.4 Å². The first-order valence-corrected chi connectivity index (χ1v) is 5.48. The van der Waals surface area contributed by atoms with Crippen LogP contribution in [0.3, 0.4) is 0 Å². The molecule has 0 radical (unpaired) electrons. The van der Waals surface area contributed by atoms with Gasteiger partial charge in [0, 0.05) is 17.9 Å². The van der Waals surface area contributed by atoms with E-state index in [4.69, 9.17) is 4.74 Å². The third kappa shape index (κ3) is 1.67. The zero-order chi connectivity index (χ0) is 12.5. The summed E-state index contributed by atoms with van der Waals surface area (Å²) in [5.41, 5.74) is 2.31. The molecule has 0 atom stereocenters. The summed E-state index contributed by atoms with van der Waals surface area (Å²) in [6.45, 7) is 1.55. The van der Waals surface area contributed by atoms with Gasteiger partial charge in [-0.05, 0) is 22.6 Å². The number of nitrogens with zero attached hydrogens (tertiary/aromatic N) is 4. The molecule has 18 heavy (non-hydrogen) atoms. The number of rotatable bonds is 2. The maximum absolute atomic E-state index is 10.9. The maximum Gasteiger partial charge on any atom is 0.302 e. The van der Waals surface area contributed by atoms with Crippen molar-refractivity contribution in [3.63, 3.8) is 0 Å². The molecule has 3 rings (SSSR count). The summed E-state index contributed by atoms with van der Waals surface area (Å²) in [4.78, 5) is 10.9. The zero-order valence-electron chi connectivity index (χ0n) is 9.70. The molecule has 0 amide bonds. The molecule has 0 unspecified atom stereocenters. The van der Waals surface area contributed by atoms with Gasteiger partial charge in [-0.25, -0.2) is 0 Å². The predicted octanol–water partition coefficient (Wildman–Crippen LogP) is 1.34. The quantitative estimate of drug-likeness (QED) is 0.634. The third-order valence-corrected chi connectivity index (χ3v) is 2.68. The minimum absolute atomic E-state index is 0.171. The van der Waals surface area contributed by atoms with Crippen LogP contribution in [-0.4, -0.2) is 26.0 Å². The van der Waals surface area contributed by atoms with Crippen molar-refractivity contribution >= 4 is 22.5 Å². The smallest absolute Gasteiger partial charge is 0.302 e. The van der Waals surface area contributed by atoms with Crippen molar-refractivity contribution < 1.29 is 9.53 Å². The lowest BCUT2D eigenvalue weighted by Gasteiger charge is -2.06. The molecular formula is C12H10N4O2. The van der Waals surface area contributed by atoms with Gasteiger partial charge >= 0.3 is 5.97 Å². The van der Waals surface area contributed by atoms with Crippen LogP contribution < -0.4 is 0 Å². The van der Waals surface area contributed by atoms with Gasteiger partial charge in [-0.1, -0.05) is 18.2 Å². The Morgan fingerprint density at radius 3 is 3.06 bits per heavy atom. The molecule has 0 fully saturated rings. The SMILES string of the molecule is CC(=O)OCc1cc2ccccc2n2nnnc12. The second-order valence-corrected chi connectivity index (χ2v) is 3.92. The van der Waals surface area contributed by atoms with E-state index >= 15 is 0 Å². The van der Waals surface area contributed by atoms with Crippen molar-refractivity contribution in [2.45, 2.75) is 13.5 Å². The molecule has 90 valence electrons. The molecule has 0 saturated carbocycles. The second kappa shape index (κ2) is 4.06. The molecular weight excluding hydrogens is 232 g/mol. The molecule has 2 aromatic heterocycles. The monoisotopic (exact) mass is 242 g/mol. The highest BCUT2D eigenvalue weighted by Gasteiger charge is 2.10. The van der Waals surface area contributed by atoms with Crippen molar-refractivity contribution in [3.05, 3.63) is 35.9 Å². The van der Waals surface area contributed by atoms with Crippen LogP contribution in [0.25, 0.3) is 16.6 Å². The van der Waals surface area contributed by atoms with Gasteiger partial charge in [-0.15, -0.1) is 5.10 Å². The fourth-order valence-corrected chi connectivity index (χ4v) is 1.89. The number of tetrazole rings is 1. The van der Waals surface area contributed by atoms with Gasteiger partial charge in [-0.3, -0.25) is 4.79 Å². The molecule has 0 N–H and O–H groups in total. The summed E-state index contributed by atoms with van der Waals surface area (Å²) in [6.07, 6.45) is 0. The van der Waals surface area contributed by atoms with Gasteiger partial charge in [0.25, 0.3) is 0 Å². The van der Waals surface area contributed by atoms with E-state index in [9.17, 15) is 4.79 Å². The van der Waals surface area contributed by atoms with Gasteiger partial charge in [0.2, 0.25) is 0 Å². The molecule has 0 saturated heterocycles. The number of fused-ring (bicyclic) bond motifs is 3. The first kappa shape index (κ1) is 10.6. The minimum atomic E-state index is -0.325. The Balaban J connectivity index is 2.22. The Hall–Kier alpha value is -2.50. The number of para-hydroxylation sites is 1. The van der Waals surface area contributed by atoms with Crippen molar-refractivity contribution in [1.82, 2.24) is 20.0 Å². The number of benzene rings is 1. The molecule has 0 aliphatic heterocycles. The lowest BCUT2D eigenvalue weighted by Crippen LogP contribution is -2.02. The van der Waals surface area contributed by atoms with Gasteiger partial charge < -0.3 is 4.74 Å². The van der Waals surface area contributed by atoms with Crippen LogP contribution in [0, 0.1) is 0 Å². The Labute approximate surface area is 102 Å². The molecule has 6 nitrogen and oxygen atoms in total. The average molecular weight is 242 g/mol. The molecule has 2 heterocycles. The van der Waals surface area contributed by atoms with Crippen LogP contribution in [0.2, 0.25) is 0 Å². The Kier molecular flexibility index (Phi) is 2.40. The normalized spacial score (nSPS) is 10.9. The van der Waals surface area contributed by atoms with E-state index in [0.717, 1.165) is 16.5 Å². The number of esters is 1. The first-order valence-electron chi connectivity index (χ1n) is 5.48. The molecule has 0 spiro atoms. The Morgan fingerprint density at radius 2 is 2.22 bits per heavy atom. The zero-order valence-corrected chi connectivity index (χ0v) is 9.70. The number of hydrogen-bond acceptors (Lipinski definition) is 5. The van der Waals surface area contributed by atoms with Crippen molar-refractivity contribution in [2.75, 3.05) is 0 Å². The summed E-state index contributed by atoms with van der Waals surface area (Å²) in [7, 11) is 0. The highest BCUT2D eigenvalue weighted by molar-refractivity contribution is 5.83. The molecule has 0 bridgehead atoms. The fraction of sp³-hybridized carbons (Fsp3) is 0.167. The van der Waals surface area contributed by atoms with E-state index in [1.54, 1.807) is 4.52 Å². The molecule has 3 aromatic rings. The minimum Gasteiger partial charge on any atom is -0.461 e. The number of ether oxygens (including phenoxy) is 1. The van der Waals surface area contributed by atoms with Crippen LogP contribution in [0.4, 0.5) is 0 Å². The fourth-order valence-electron chi connectivity index (χ4n) is 1.89. The average Bonchev–Trinajstić information content (AvgIpc) is 2.85. The molecule has 1 aromatic carbocycles. The summed E-state index contributed by atoms with van der Waals surface area (Å²) >= 11 is 0. The van der Waals surface area contributed by atoms with Crippen molar-refractivity contribution in [3.8, 4) is 0 Å². The lowest BCUT2D eigenvalue weighted by atomic mass is 10.1. The summed E-state index contributed by atoms with van der Waals surface area (Å²) in [5, 5.41) is 12.6. The van der Waals surface area contributed by atoms with Crippen LogP contribution >= 0.6 is 0 Å². The van der Waals surface area contributed by atoms with Gasteiger partial charge in [0.05, 0.1) is 5.52 Å². The number of hydrogen-bond donors (Lipinski definition) is 0. The Morgan fingerprint density at radius 1 is 1.39 bits per heavy atom. The van der Waals surface area contributed by atoms with E-state index in [-0.39, 0.29) is 12.6 Å². The number of aromatic nitrogens is 4. The molecule has 6 heteroatoms. The van der Waals surface area contributed by atoms with E-state index in [2.05, 4.69) is 15.5 Å². The molecule has 0 aliphatic rings. The van der Waals surface area contributed by atoms with Crippen LogP contribution in [-0.2, 0) is 16.1 Å². The second-order valence-electron chi connectivity index (χ2n) is 3.92. The lowest BCUT2D eigenvalue weighted by molar-refractivity contribution is -0.142. The van der Waals surface area contributed by atoms with Crippen LogP contribution in [0.1, 0.15) is 12.5 Å². The van der Waals surface area contributed by atoms with Crippen molar-refractivity contribution in [2.24, 2.45) is 0 Å². The van der Waals surface area contributed by atoms with Gasteiger partial charge in [0.1, 0.15) is 6.61 Å². The first-order chi connectivity index (χ1) is 8.75. The highest BCUT2D eigenvalue weighted by Crippen LogP contribution is 2.19. The Bertz CT molecular complexity index is 735.